The number of nitrogens with zero attached hydrogens (tertiary/aromatic N) is 1. The zero-order chi connectivity index (χ0) is 18.1. The van der Waals surface area contributed by atoms with Gasteiger partial charge in [-0.15, -0.1) is 0 Å². The zero-order valence-corrected chi connectivity index (χ0v) is 15.5. The largest absolute Gasteiger partial charge is 0.487 e. The molecule has 1 N–H and O–H groups in total. The fourth-order valence-electron chi connectivity index (χ4n) is 4.44. The Morgan fingerprint density at radius 1 is 1.27 bits per heavy atom. The Balaban J connectivity index is 1.47. The number of rotatable bonds is 4. The first kappa shape index (κ1) is 17.1. The highest BCUT2D eigenvalue weighted by Crippen LogP contribution is 2.47. The van der Waals surface area contributed by atoms with E-state index in [1.165, 1.54) is 12.8 Å². The van der Waals surface area contributed by atoms with E-state index in [0.717, 1.165) is 47.6 Å². The number of carbonyl (C=O) groups is 1. The molecule has 1 aliphatic heterocycles. The predicted molar refractivity (Wildman–Crippen MR) is 98.1 cm³/mol. The Morgan fingerprint density at radius 2 is 2.04 bits per heavy atom. The first-order valence-corrected chi connectivity index (χ1v) is 9.55. The Morgan fingerprint density at radius 3 is 2.77 bits per heavy atom. The van der Waals surface area contributed by atoms with Crippen molar-refractivity contribution in [3.63, 3.8) is 0 Å². The second-order valence-corrected chi connectivity index (χ2v) is 7.66. The maximum atomic E-state index is 12.6. The van der Waals surface area contributed by atoms with Gasteiger partial charge in [0.1, 0.15) is 17.1 Å². The maximum absolute atomic E-state index is 12.6. The number of hydrogen-bond donors (Lipinski definition) is 1. The summed E-state index contributed by atoms with van der Waals surface area (Å²) in [6.45, 7) is 3.81. The molecule has 5 nitrogen and oxygen atoms in total. The topological polar surface area (TPSA) is 64.4 Å². The molecule has 1 saturated carbocycles. The van der Waals surface area contributed by atoms with Gasteiger partial charge in [0, 0.05) is 24.0 Å². The van der Waals surface area contributed by atoms with E-state index in [9.17, 15) is 4.79 Å². The van der Waals surface area contributed by atoms with E-state index in [0.29, 0.717) is 12.8 Å². The van der Waals surface area contributed by atoms with Gasteiger partial charge < -0.3 is 14.6 Å². The van der Waals surface area contributed by atoms with Crippen LogP contribution >= 0.6 is 0 Å². The second kappa shape index (κ2) is 6.78. The lowest BCUT2D eigenvalue weighted by atomic mass is 9.86. The number of amides is 1. The third kappa shape index (κ3) is 3.22. The van der Waals surface area contributed by atoms with Crippen LogP contribution < -0.4 is 10.1 Å². The molecule has 2 aromatic rings. The summed E-state index contributed by atoms with van der Waals surface area (Å²) in [6.07, 6.45) is 6.52. The Labute approximate surface area is 154 Å². The summed E-state index contributed by atoms with van der Waals surface area (Å²) >= 11 is 0. The van der Waals surface area contributed by atoms with Crippen LogP contribution in [0.2, 0.25) is 0 Å². The summed E-state index contributed by atoms with van der Waals surface area (Å²) in [7, 11) is 0. The number of aromatic nitrogens is 1. The number of hydrogen-bond acceptors (Lipinski definition) is 4. The van der Waals surface area contributed by atoms with Gasteiger partial charge in [0.15, 0.2) is 0 Å². The third-order valence-electron chi connectivity index (χ3n) is 5.83. The van der Waals surface area contributed by atoms with Crippen LogP contribution in [-0.4, -0.2) is 16.7 Å². The van der Waals surface area contributed by atoms with Gasteiger partial charge in [-0.1, -0.05) is 23.4 Å². The lowest BCUT2D eigenvalue weighted by Crippen LogP contribution is -2.43. The van der Waals surface area contributed by atoms with Crippen molar-refractivity contribution in [1.82, 2.24) is 10.5 Å². The smallest absolute Gasteiger partial charge is 0.220 e. The molecule has 0 saturated heterocycles. The van der Waals surface area contributed by atoms with Gasteiger partial charge in [0.2, 0.25) is 5.91 Å². The van der Waals surface area contributed by atoms with E-state index < -0.39 is 0 Å². The van der Waals surface area contributed by atoms with Crippen LogP contribution in [0.25, 0.3) is 0 Å². The fraction of sp³-hybridized carbons (Fsp3) is 0.524. The highest BCUT2D eigenvalue weighted by molar-refractivity contribution is 5.77. The molecule has 0 radical (unpaired) electrons. The molecule has 26 heavy (non-hydrogen) atoms. The number of benzene rings is 1. The molecule has 1 amide bonds. The van der Waals surface area contributed by atoms with Crippen molar-refractivity contribution in [2.24, 2.45) is 0 Å². The van der Waals surface area contributed by atoms with Crippen LogP contribution in [0.4, 0.5) is 0 Å². The SMILES string of the molecule is Cc1noc(C)c1CCC(=O)N[C@H]1CC2(CCCC2)Oc2ccccc21. The van der Waals surface area contributed by atoms with E-state index in [-0.39, 0.29) is 17.6 Å². The molecule has 2 heterocycles. The number of ether oxygens (including phenoxy) is 1. The molecule has 138 valence electrons. The Bertz CT molecular complexity index is 786. The standard InChI is InChI=1S/C21H26N2O3/c1-14-16(15(2)26-23-14)9-10-20(24)22-18-13-21(11-5-6-12-21)25-19-8-4-3-7-17(18)19/h3-4,7-8,18H,5-6,9-13H2,1-2H3,(H,22,24)/t18-/m0/s1. The summed E-state index contributed by atoms with van der Waals surface area (Å²) < 4.78 is 11.6. The van der Waals surface area contributed by atoms with Crippen LogP contribution in [0.3, 0.4) is 0 Å². The fourth-order valence-corrected chi connectivity index (χ4v) is 4.44. The summed E-state index contributed by atoms with van der Waals surface area (Å²) in [5.74, 6) is 1.80. The minimum Gasteiger partial charge on any atom is -0.487 e. The molecule has 2 aliphatic rings. The van der Waals surface area contributed by atoms with Gasteiger partial charge in [-0.05, 0) is 52.0 Å². The number of carbonyl (C=O) groups excluding carboxylic acids is 1. The normalized spacial score (nSPS) is 20.6. The number of nitrogens with one attached hydrogen (secondary N) is 1. The molecule has 4 rings (SSSR count). The number of fused-ring (bicyclic) bond motifs is 1. The maximum Gasteiger partial charge on any atom is 0.220 e. The molecule has 1 aliphatic carbocycles. The van der Waals surface area contributed by atoms with Crippen molar-refractivity contribution in [3.8, 4) is 5.75 Å². The van der Waals surface area contributed by atoms with E-state index >= 15 is 0 Å². The van der Waals surface area contributed by atoms with Crippen molar-refractivity contribution in [3.05, 3.63) is 46.8 Å². The second-order valence-electron chi connectivity index (χ2n) is 7.66. The van der Waals surface area contributed by atoms with Crippen molar-refractivity contribution in [2.45, 2.75) is 70.4 Å². The van der Waals surface area contributed by atoms with Gasteiger partial charge in [-0.3, -0.25) is 4.79 Å². The molecule has 0 bridgehead atoms. The van der Waals surface area contributed by atoms with Crippen LogP contribution in [0, 0.1) is 13.8 Å². The minimum atomic E-state index is -0.103. The molecule has 5 heteroatoms. The predicted octanol–water partition coefficient (Wildman–Crippen LogP) is 4.18. The van der Waals surface area contributed by atoms with Crippen molar-refractivity contribution in [2.75, 3.05) is 0 Å². The van der Waals surface area contributed by atoms with Gasteiger partial charge in [-0.2, -0.15) is 0 Å². The highest BCUT2D eigenvalue weighted by atomic mass is 16.5. The molecule has 1 atom stereocenters. The van der Waals surface area contributed by atoms with E-state index in [1.807, 2.05) is 32.0 Å². The molecule has 1 fully saturated rings. The van der Waals surface area contributed by atoms with Gasteiger partial charge in [-0.25, -0.2) is 0 Å². The summed E-state index contributed by atoms with van der Waals surface area (Å²) in [5, 5.41) is 7.22. The van der Waals surface area contributed by atoms with Crippen LogP contribution in [0.5, 0.6) is 5.75 Å². The monoisotopic (exact) mass is 354 g/mol. The van der Waals surface area contributed by atoms with E-state index in [1.54, 1.807) is 0 Å². The summed E-state index contributed by atoms with van der Waals surface area (Å²) in [5.41, 5.74) is 2.90. The lowest BCUT2D eigenvalue weighted by molar-refractivity contribution is -0.122. The van der Waals surface area contributed by atoms with Crippen molar-refractivity contribution >= 4 is 5.91 Å². The average Bonchev–Trinajstić information content (AvgIpc) is 3.20. The van der Waals surface area contributed by atoms with E-state index in [4.69, 9.17) is 9.26 Å². The third-order valence-corrected chi connectivity index (χ3v) is 5.83. The molecule has 1 aromatic heterocycles. The number of aryl methyl sites for hydroxylation is 2. The van der Waals surface area contributed by atoms with Gasteiger partial charge >= 0.3 is 0 Å². The van der Waals surface area contributed by atoms with Gasteiger partial charge in [0.05, 0.1) is 11.7 Å². The summed E-state index contributed by atoms with van der Waals surface area (Å²) in [6, 6.07) is 8.13. The Hall–Kier alpha value is -2.30. The Kier molecular flexibility index (Phi) is 4.47. The molecule has 1 spiro atoms. The van der Waals surface area contributed by atoms with Crippen molar-refractivity contribution < 1.29 is 14.1 Å². The number of para-hydroxylation sites is 1. The average molecular weight is 354 g/mol. The quantitative estimate of drug-likeness (QED) is 0.895. The van der Waals surface area contributed by atoms with E-state index in [2.05, 4.69) is 16.5 Å². The minimum absolute atomic E-state index is 0.0234. The van der Waals surface area contributed by atoms with Gasteiger partial charge in [0.25, 0.3) is 0 Å². The first-order valence-electron chi connectivity index (χ1n) is 9.55. The van der Waals surface area contributed by atoms with Crippen LogP contribution in [0.15, 0.2) is 28.8 Å². The molecular formula is C21H26N2O3. The highest BCUT2D eigenvalue weighted by Gasteiger charge is 2.43. The summed E-state index contributed by atoms with van der Waals surface area (Å²) in [4.78, 5) is 12.6. The molecule has 1 aromatic carbocycles. The zero-order valence-electron chi connectivity index (χ0n) is 15.5. The lowest BCUT2D eigenvalue weighted by Gasteiger charge is -2.40. The van der Waals surface area contributed by atoms with Crippen LogP contribution in [-0.2, 0) is 11.2 Å². The van der Waals surface area contributed by atoms with Crippen molar-refractivity contribution in [1.29, 1.82) is 0 Å². The first-order chi connectivity index (χ1) is 12.6. The molecular weight excluding hydrogens is 328 g/mol. The van der Waals surface area contributed by atoms with Crippen LogP contribution in [0.1, 0.15) is 67.1 Å². The molecule has 0 unspecified atom stereocenters.